The van der Waals surface area contributed by atoms with E-state index in [1.165, 1.54) is 5.56 Å². The van der Waals surface area contributed by atoms with Gasteiger partial charge in [0, 0.05) is 79.9 Å². The van der Waals surface area contributed by atoms with E-state index >= 15 is 0 Å². The number of pyridine rings is 1. The second-order valence-corrected chi connectivity index (χ2v) is 12.7. The molecule has 2 aliphatic rings. The molecule has 2 fully saturated rings. The van der Waals surface area contributed by atoms with Crippen molar-refractivity contribution in [2.24, 2.45) is 0 Å². The number of carbonyl (C=O) groups is 1. The Kier molecular flexibility index (Phi) is 9.87. The number of amides is 1. The van der Waals surface area contributed by atoms with Crippen molar-refractivity contribution in [3.8, 4) is 11.1 Å². The van der Waals surface area contributed by atoms with Crippen molar-refractivity contribution in [1.82, 2.24) is 15.2 Å². The number of aromatic nitrogens is 1. The van der Waals surface area contributed by atoms with E-state index in [0.29, 0.717) is 17.2 Å². The third kappa shape index (κ3) is 6.89. The van der Waals surface area contributed by atoms with Crippen LogP contribution in [-0.4, -0.2) is 67.9 Å². The van der Waals surface area contributed by atoms with Crippen LogP contribution in [0, 0.1) is 20.8 Å². The second kappa shape index (κ2) is 14.2. The molecule has 0 atom stereocenters. The van der Waals surface area contributed by atoms with Crippen molar-refractivity contribution in [3.05, 3.63) is 98.5 Å². The fourth-order valence-corrected chi connectivity index (χ4v) is 6.95. The standard InChI is InChI=1S/C38H46N4O4/c1-5-42(31-12-16-45-17-13-31)36-22-30(29-9-7-28(8-10-29)24-41-14-18-46-19-15-41)21-33(26(36)3)37(43)39-23-35-32-11-6-25(2)20-34(32)27(4)40-38(35)44/h6-11,20-22,31H,5,12-19,23-24H2,1-4H3,(H,39,43)(H,40,44). The Hall–Kier alpha value is -3.98. The second-order valence-electron chi connectivity index (χ2n) is 12.7. The van der Waals surface area contributed by atoms with Crippen LogP contribution in [0.2, 0.25) is 0 Å². The number of hydrogen-bond acceptors (Lipinski definition) is 6. The molecule has 1 aromatic heterocycles. The SMILES string of the molecule is CCN(c1cc(-c2ccc(CN3CCOCC3)cc2)cc(C(=O)NCc2c(=O)[nH]c(C)c3cc(C)ccc23)c1C)C1CCOCC1. The first-order valence-electron chi connectivity index (χ1n) is 16.6. The number of nitrogens with zero attached hydrogens (tertiary/aromatic N) is 2. The molecule has 0 bridgehead atoms. The quantitative estimate of drug-likeness (QED) is 0.242. The summed E-state index contributed by atoms with van der Waals surface area (Å²) in [5.74, 6) is -0.187. The molecular weight excluding hydrogens is 576 g/mol. The number of benzene rings is 3. The topological polar surface area (TPSA) is 86.9 Å². The van der Waals surface area contributed by atoms with Crippen LogP contribution >= 0.6 is 0 Å². The van der Waals surface area contributed by atoms with Gasteiger partial charge in [0.2, 0.25) is 0 Å². The first-order valence-corrected chi connectivity index (χ1v) is 16.6. The van der Waals surface area contributed by atoms with E-state index in [1.807, 2.05) is 39.0 Å². The van der Waals surface area contributed by atoms with Crippen LogP contribution in [0.3, 0.4) is 0 Å². The molecule has 0 aliphatic carbocycles. The Morgan fingerprint density at radius 1 is 0.913 bits per heavy atom. The Morgan fingerprint density at radius 2 is 1.63 bits per heavy atom. The van der Waals surface area contributed by atoms with Crippen LogP contribution < -0.4 is 15.8 Å². The van der Waals surface area contributed by atoms with Crippen molar-refractivity contribution in [2.45, 2.75) is 59.7 Å². The average Bonchev–Trinajstić information content (AvgIpc) is 3.07. The number of carbonyl (C=O) groups excluding carboxylic acids is 1. The number of fused-ring (bicyclic) bond motifs is 1. The molecule has 1 amide bonds. The van der Waals surface area contributed by atoms with Crippen LogP contribution in [-0.2, 0) is 22.6 Å². The zero-order valence-electron chi connectivity index (χ0n) is 27.6. The van der Waals surface area contributed by atoms with Gasteiger partial charge in [0.1, 0.15) is 0 Å². The lowest BCUT2D eigenvalue weighted by Gasteiger charge is -2.37. The average molecular weight is 623 g/mol. The summed E-state index contributed by atoms with van der Waals surface area (Å²) >= 11 is 0. The Morgan fingerprint density at radius 3 is 2.35 bits per heavy atom. The lowest BCUT2D eigenvalue weighted by Crippen LogP contribution is -2.40. The van der Waals surface area contributed by atoms with Crippen molar-refractivity contribution < 1.29 is 14.3 Å². The van der Waals surface area contributed by atoms with Gasteiger partial charge in [0.25, 0.3) is 11.5 Å². The van der Waals surface area contributed by atoms with Crippen molar-refractivity contribution >= 4 is 22.4 Å². The predicted molar refractivity (Wildman–Crippen MR) is 185 cm³/mol. The van der Waals surface area contributed by atoms with Gasteiger partial charge in [0.05, 0.1) is 13.2 Å². The van der Waals surface area contributed by atoms with Gasteiger partial charge in [-0.05, 0) is 86.4 Å². The summed E-state index contributed by atoms with van der Waals surface area (Å²) < 4.78 is 11.2. The number of aromatic amines is 1. The molecule has 3 aromatic carbocycles. The molecule has 8 heteroatoms. The highest BCUT2D eigenvalue weighted by Gasteiger charge is 2.25. The number of aryl methyl sites for hydroxylation is 2. The zero-order valence-corrected chi connectivity index (χ0v) is 27.6. The summed E-state index contributed by atoms with van der Waals surface area (Å²) in [6.07, 6.45) is 1.91. The predicted octanol–water partition coefficient (Wildman–Crippen LogP) is 5.89. The van der Waals surface area contributed by atoms with Crippen LogP contribution in [0.1, 0.15) is 58.1 Å². The summed E-state index contributed by atoms with van der Waals surface area (Å²) in [5.41, 5.74) is 8.32. The molecule has 0 spiro atoms. The lowest BCUT2D eigenvalue weighted by molar-refractivity contribution is 0.0342. The van der Waals surface area contributed by atoms with Gasteiger partial charge >= 0.3 is 0 Å². The van der Waals surface area contributed by atoms with E-state index < -0.39 is 0 Å². The van der Waals surface area contributed by atoms with E-state index in [2.05, 4.69) is 63.4 Å². The number of anilines is 1. The molecule has 46 heavy (non-hydrogen) atoms. The lowest BCUT2D eigenvalue weighted by atomic mass is 9.94. The molecule has 0 saturated carbocycles. The molecule has 8 nitrogen and oxygen atoms in total. The first-order chi connectivity index (χ1) is 22.3. The van der Waals surface area contributed by atoms with Crippen LogP contribution in [0.4, 0.5) is 5.69 Å². The Balaban J connectivity index is 1.33. The Bertz CT molecular complexity index is 1750. The maximum absolute atomic E-state index is 14.0. The molecule has 4 aromatic rings. The summed E-state index contributed by atoms with van der Waals surface area (Å²) in [6.45, 7) is 15.0. The largest absolute Gasteiger partial charge is 0.381 e. The number of H-pyrrole nitrogens is 1. The van der Waals surface area contributed by atoms with Gasteiger partial charge in [-0.2, -0.15) is 0 Å². The highest BCUT2D eigenvalue weighted by Crippen LogP contribution is 2.34. The summed E-state index contributed by atoms with van der Waals surface area (Å²) in [4.78, 5) is 34.9. The molecule has 0 radical (unpaired) electrons. The van der Waals surface area contributed by atoms with Crippen LogP contribution in [0.5, 0.6) is 0 Å². The van der Waals surface area contributed by atoms with Gasteiger partial charge in [-0.3, -0.25) is 14.5 Å². The number of nitrogens with one attached hydrogen (secondary N) is 2. The smallest absolute Gasteiger partial charge is 0.253 e. The van der Waals surface area contributed by atoms with Gasteiger partial charge < -0.3 is 24.7 Å². The van der Waals surface area contributed by atoms with Crippen LogP contribution in [0.25, 0.3) is 21.9 Å². The molecule has 2 aliphatic heterocycles. The minimum Gasteiger partial charge on any atom is -0.381 e. The molecule has 0 unspecified atom stereocenters. The van der Waals surface area contributed by atoms with Gasteiger partial charge in [-0.15, -0.1) is 0 Å². The van der Waals surface area contributed by atoms with E-state index in [0.717, 1.165) is 110 Å². The highest BCUT2D eigenvalue weighted by molar-refractivity contribution is 5.99. The first kappa shape index (κ1) is 32.0. The normalized spacial score (nSPS) is 16.1. The Labute approximate surface area is 271 Å². The molecule has 6 rings (SSSR count). The van der Waals surface area contributed by atoms with Gasteiger partial charge in [0.15, 0.2) is 0 Å². The van der Waals surface area contributed by atoms with E-state index in [1.54, 1.807) is 0 Å². The van der Waals surface area contributed by atoms with Crippen molar-refractivity contribution in [2.75, 3.05) is 51.0 Å². The third-order valence-corrected chi connectivity index (χ3v) is 9.61. The number of rotatable bonds is 9. The molecular formula is C38H46N4O4. The maximum Gasteiger partial charge on any atom is 0.253 e. The third-order valence-electron chi connectivity index (χ3n) is 9.61. The van der Waals surface area contributed by atoms with Crippen molar-refractivity contribution in [3.63, 3.8) is 0 Å². The zero-order chi connectivity index (χ0) is 32.2. The van der Waals surface area contributed by atoms with E-state index in [9.17, 15) is 9.59 Å². The number of morpholine rings is 1. The van der Waals surface area contributed by atoms with Crippen molar-refractivity contribution in [1.29, 1.82) is 0 Å². The fraction of sp³-hybridized carbons (Fsp3) is 0.421. The molecule has 3 heterocycles. The van der Waals surface area contributed by atoms with E-state index in [4.69, 9.17) is 9.47 Å². The highest BCUT2D eigenvalue weighted by atomic mass is 16.5. The monoisotopic (exact) mass is 622 g/mol. The number of ether oxygens (including phenoxy) is 2. The van der Waals surface area contributed by atoms with Gasteiger partial charge in [-0.1, -0.05) is 42.0 Å². The van der Waals surface area contributed by atoms with Gasteiger partial charge in [-0.25, -0.2) is 0 Å². The minimum atomic E-state index is -0.187. The summed E-state index contributed by atoms with van der Waals surface area (Å²) in [7, 11) is 0. The van der Waals surface area contributed by atoms with Crippen LogP contribution in [0.15, 0.2) is 59.4 Å². The fourth-order valence-electron chi connectivity index (χ4n) is 6.95. The maximum atomic E-state index is 14.0. The summed E-state index contributed by atoms with van der Waals surface area (Å²) in [5, 5.41) is 4.97. The molecule has 242 valence electrons. The molecule has 2 N–H and O–H groups in total. The van der Waals surface area contributed by atoms with E-state index in [-0.39, 0.29) is 18.0 Å². The minimum absolute atomic E-state index is 0.140. The molecule has 2 saturated heterocycles. The number of hydrogen-bond donors (Lipinski definition) is 2. The summed E-state index contributed by atoms with van der Waals surface area (Å²) in [6, 6.07) is 19.4.